The summed E-state index contributed by atoms with van der Waals surface area (Å²) in [5.41, 5.74) is 0.621. The van der Waals surface area contributed by atoms with Gasteiger partial charge in [-0.15, -0.1) is 0 Å². The number of anilines is 1. The first-order valence-corrected chi connectivity index (χ1v) is 11.3. The number of aromatic hydroxyl groups is 1. The number of nitrogens with one attached hydrogen (secondary N) is 2. The van der Waals surface area contributed by atoms with E-state index < -0.39 is 27.6 Å². The number of carbonyl (C=O) groups excluding carboxylic acids is 1. The standard InChI is InChI=1S/C20H23ClN2O7S/c1-3-4-5-8-22-31(28,29)17-11-14(6-7-16(17)24)30-18-12(2)9-13(10-15(18)21)23-19(25)20(26)27/h6-7,9-11,22,24H,3-5,8H2,1-2H3,(H,23,25)(H,26,27). The van der Waals surface area contributed by atoms with Crippen molar-refractivity contribution in [2.45, 2.75) is 38.0 Å². The molecule has 0 aromatic heterocycles. The number of aliphatic carboxylic acids is 1. The average molecular weight is 471 g/mol. The number of aryl methyl sites for hydroxylation is 1. The Hall–Kier alpha value is -2.82. The lowest BCUT2D eigenvalue weighted by molar-refractivity contribution is -0.147. The first-order valence-electron chi connectivity index (χ1n) is 9.40. The number of hydrogen-bond donors (Lipinski definition) is 4. The molecular weight excluding hydrogens is 448 g/mol. The van der Waals surface area contributed by atoms with Crippen LogP contribution in [0, 0.1) is 6.92 Å². The van der Waals surface area contributed by atoms with E-state index in [1.165, 1.54) is 30.3 Å². The number of carboxylic acid groups (broad SMARTS) is 1. The van der Waals surface area contributed by atoms with Gasteiger partial charge in [0.15, 0.2) is 0 Å². The van der Waals surface area contributed by atoms with Gasteiger partial charge in [-0.1, -0.05) is 31.4 Å². The predicted molar refractivity (Wildman–Crippen MR) is 115 cm³/mol. The van der Waals surface area contributed by atoms with Gasteiger partial charge in [-0.25, -0.2) is 17.9 Å². The highest BCUT2D eigenvalue weighted by molar-refractivity contribution is 7.89. The number of sulfonamides is 1. The molecule has 0 heterocycles. The minimum absolute atomic E-state index is 0.0656. The molecule has 2 aromatic carbocycles. The summed E-state index contributed by atoms with van der Waals surface area (Å²) in [4.78, 5) is 21.7. The third kappa shape index (κ3) is 6.58. The largest absolute Gasteiger partial charge is 0.507 e. The number of rotatable bonds is 9. The molecule has 168 valence electrons. The van der Waals surface area contributed by atoms with Gasteiger partial charge in [0.25, 0.3) is 0 Å². The predicted octanol–water partition coefficient (Wildman–Crippen LogP) is 3.64. The maximum absolute atomic E-state index is 12.5. The van der Waals surface area contributed by atoms with Crippen LogP contribution in [-0.2, 0) is 19.6 Å². The van der Waals surface area contributed by atoms with Gasteiger partial charge in [0.2, 0.25) is 10.0 Å². The van der Waals surface area contributed by atoms with E-state index in [9.17, 15) is 23.1 Å². The summed E-state index contributed by atoms with van der Waals surface area (Å²) in [5.74, 6) is -3.00. The van der Waals surface area contributed by atoms with Crippen LogP contribution in [0.4, 0.5) is 5.69 Å². The zero-order chi connectivity index (χ0) is 23.2. The van der Waals surface area contributed by atoms with Gasteiger partial charge >= 0.3 is 11.9 Å². The number of phenolic OH excluding ortho intramolecular Hbond substituents is 1. The van der Waals surface area contributed by atoms with Gasteiger partial charge < -0.3 is 20.3 Å². The van der Waals surface area contributed by atoms with Crippen molar-refractivity contribution in [2.75, 3.05) is 11.9 Å². The van der Waals surface area contributed by atoms with Crippen LogP contribution in [0.25, 0.3) is 0 Å². The van der Waals surface area contributed by atoms with Crippen molar-refractivity contribution in [1.82, 2.24) is 4.72 Å². The zero-order valence-electron chi connectivity index (χ0n) is 16.9. The second kappa shape index (κ2) is 10.5. The first kappa shape index (κ1) is 24.4. The normalized spacial score (nSPS) is 11.2. The van der Waals surface area contributed by atoms with Crippen molar-refractivity contribution in [3.8, 4) is 17.2 Å². The maximum atomic E-state index is 12.5. The lowest BCUT2D eigenvalue weighted by atomic mass is 10.2. The van der Waals surface area contributed by atoms with E-state index in [-0.39, 0.29) is 33.6 Å². The van der Waals surface area contributed by atoms with E-state index in [4.69, 9.17) is 21.4 Å². The smallest absolute Gasteiger partial charge is 0.394 e. The average Bonchev–Trinajstić information content (AvgIpc) is 2.69. The van der Waals surface area contributed by atoms with Crippen LogP contribution in [-0.4, -0.2) is 37.1 Å². The Balaban J connectivity index is 2.26. The molecule has 0 spiro atoms. The van der Waals surface area contributed by atoms with Crippen molar-refractivity contribution in [2.24, 2.45) is 0 Å². The Kier molecular flexibility index (Phi) is 8.26. The summed E-state index contributed by atoms with van der Waals surface area (Å²) < 4.78 is 33.2. The Morgan fingerprint density at radius 2 is 1.87 bits per heavy atom. The van der Waals surface area contributed by atoms with Crippen molar-refractivity contribution < 1.29 is 33.0 Å². The van der Waals surface area contributed by atoms with Crippen LogP contribution in [0.1, 0.15) is 31.7 Å². The van der Waals surface area contributed by atoms with Crippen molar-refractivity contribution in [1.29, 1.82) is 0 Å². The number of amides is 1. The minimum atomic E-state index is -3.95. The van der Waals surface area contributed by atoms with Crippen LogP contribution in [0.5, 0.6) is 17.2 Å². The molecule has 4 N–H and O–H groups in total. The Morgan fingerprint density at radius 3 is 2.48 bits per heavy atom. The number of benzene rings is 2. The van der Waals surface area contributed by atoms with Crippen LogP contribution >= 0.6 is 11.6 Å². The van der Waals surface area contributed by atoms with Crippen molar-refractivity contribution in [3.63, 3.8) is 0 Å². The van der Waals surface area contributed by atoms with Crippen molar-refractivity contribution in [3.05, 3.63) is 40.9 Å². The van der Waals surface area contributed by atoms with E-state index in [1.54, 1.807) is 6.92 Å². The molecule has 1 amide bonds. The molecule has 2 rings (SSSR count). The summed E-state index contributed by atoms with van der Waals surface area (Å²) in [7, 11) is -3.95. The number of hydrogen-bond acceptors (Lipinski definition) is 6. The molecular formula is C20H23ClN2O7S. The highest BCUT2D eigenvalue weighted by atomic mass is 35.5. The Morgan fingerprint density at radius 1 is 1.16 bits per heavy atom. The molecule has 2 aromatic rings. The quantitative estimate of drug-likeness (QED) is 0.323. The SMILES string of the molecule is CCCCCNS(=O)(=O)c1cc(Oc2c(C)cc(NC(=O)C(=O)O)cc2Cl)ccc1O. The van der Waals surface area contributed by atoms with Gasteiger partial charge in [0.1, 0.15) is 22.1 Å². The molecule has 9 nitrogen and oxygen atoms in total. The topological polar surface area (TPSA) is 142 Å². The maximum Gasteiger partial charge on any atom is 0.394 e. The molecule has 0 fully saturated rings. The van der Waals surface area contributed by atoms with Crippen LogP contribution in [0.2, 0.25) is 5.02 Å². The third-order valence-corrected chi connectivity index (χ3v) is 5.97. The summed E-state index contributed by atoms with van der Waals surface area (Å²) in [5, 5.41) is 21.0. The molecule has 0 aliphatic carbocycles. The fraction of sp³-hybridized carbons (Fsp3) is 0.300. The van der Waals surface area contributed by atoms with Gasteiger partial charge in [0, 0.05) is 18.3 Å². The fourth-order valence-corrected chi connectivity index (χ4v) is 4.16. The highest BCUT2D eigenvalue weighted by Gasteiger charge is 2.20. The molecule has 0 saturated carbocycles. The summed E-state index contributed by atoms with van der Waals surface area (Å²) in [6.07, 6.45) is 2.49. The third-order valence-electron chi connectivity index (χ3n) is 4.19. The van der Waals surface area contributed by atoms with Crippen LogP contribution < -0.4 is 14.8 Å². The number of halogens is 1. The summed E-state index contributed by atoms with van der Waals surface area (Å²) in [6.45, 7) is 3.86. The molecule has 0 bridgehead atoms. The minimum Gasteiger partial charge on any atom is -0.507 e. The van der Waals surface area contributed by atoms with Crippen molar-refractivity contribution >= 4 is 39.2 Å². The number of carboxylic acids is 1. The molecule has 0 aliphatic rings. The summed E-state index contributed by atoms with van der Waals surface area (Å²) >= 11 is 6.20. The van der Waals surface area contributed by atoms with E-state index in [0.29, 0.717) is 12.0 Å². The molecule has 0 unspecified atom stereocenters. The summed E-state index contributed by atoms with van der Waals surface area (Å²) in [6, 6.07) is 6.50. The Labute approximate surface area is 185 Å². The number of phenols is 1. The van der Waals surface area contributed by atoms with Gasteiger partial charge in [-0.3, -0.25) is 4.79 Å². The monoisotopic (exact) mass is 470 g/mol. The molecule has 31 heavy (non-hydrogen) atoms. The molecule has 11 heteroatoms. The van der Waals surface area contributed by atoms with Gasteiger partial charge in [0.05, 0.1) is 5.02 Å². The second-order valence-electron chi connectivity index (χ2n) is 6.70. The highest BCUT2D eigenvalue weighted by Crippen LogP contribution is 2.37. The number of carbonyl (C=O) groups is 2. The zero-order valence-corrected chi connectivity index (χ0v) is 18.5. The molecule has 0 radical (unpaired) electrons. The van der Waals surface area contributed by atoms with Crippen LogP contribution in [0.3, 0.4) is 0 Å². The van der Waals surface area contributed by atoms with E-state index in [2.05, 4.69) is 10.0 Å². The van der Waals surface area contributed by atoms with E-state index in [0.717, 1.165) is 12.8 Å². The number of unbranched alkanes of at least 4 members (excludes halogenated alkanes) is 2. The lowest BCUT2D eigenvalue weighted by Crippen LogP contribution is -2.24. The molecule has 0 aliphatic heterocycles. The Bertz CT molecular complexity index is 1060. The molecule has 0 atom stereocenters. The second-order valence-corrected chi connectivity index (χ2v) is 8.84. The fourth-order valence-electron chi connectivity index (χ4n) is 2.67. The van der Waals surface area contributed by atoms with E-state index in [1.807, 2.05) is 6.92 Å². The molecule has 0 saturated heterocycles. The van der Waals surface area contributed by atoms with Gasteiger partial charge in [-0.2, -0.15) is 0 Å². The van der Waals surface area contributed by atoms with Gasteiger partial charge in [-0.05, 0) is 43.2 Å². The van der Waals surface area contributed by atoms with Crippen LogP contribution in [0.15, 0.2) is 35.2 Å². The van der Waals surface area contributed by atoms with E-state index >= 15 is 0 Å². The number of ether oxygens (including phenoxy) is 1. The first-order chi connectivity index (χ1) is 14.5. The lowest BCUT2D eigenvalue weighted by Gasteiger charge is -2.14.